The lowest BCUT2D eigenvalue weighted by atomic mass is 9.86. The third-order valence-corrected chi connectivity index (χ3v) is 10.6. The number of imidazole rings is 1. The quantitative estimate of drug-likeness (QED) is 0.103. The Hall–Kier alpha value is -6.72. The van der Waals surface area contributed by atoms with Crippen LogP contribution < -0.4 is 9.30 Å². The van der Waals surface area contributed by atoms with Gasteiger partial charge in [0.2, 0.25) is 0 Å². The number of hydrogen-bond donors (Lipinski definition) is 0. The Morgan fingerprint density at radius 3 is 2.12 bits per heavy atom. The summed E-state index contributed by atoms with van der Waals surface area (Å²) in [6.45, 7) is 10.6. The first-order valence-corrected chi connectivity index (χ1v) is 19.4. The van der Waals surface area contributed by atoms with Gasteiger partial charge >= 0.3 is 0 Å². The summed E-state index contributed by atoms with van der Waals surface area (Å²) < 4.78 is 107. The Morgan fingerprint density at radius 2 is 1.43 bits per heavy atom. The average molecular weight is 768 g/mol. The molecule has 9 rings (SSSR count). The normalized spacial score (nSPS) is 14.7. The molecule has 286 valence electrons. The molecule has 0 bridgehead atoms. The lowest BCUT2D eigenvalue weighted by molar-refractivity contribution is -0.598. The summed E-state index contributed by atoms with van der Waals surface area (Å²) >= 11 is 0. The average Bonchev–Trinajstić information content (AvgIpc) is 3.97. The van der Waals surface area contributed by atoms with E-state index in [1.54, 1.807) is 41.4 Å². The molecule has 0 spiro atoms. The van der Waals surface area contributed by atoms with Crippen LogP contribution in [0.25, 0.3) is 61.3 Å². The highest BCUT2D eigenvalue weighted by Gasteiger charge is 2.21. The van der Waals surface area contributed by atoms with Gasteiger partial charge in [0.25, 0.3) is 6.33 Å². The van der Waals surface area contributed by atoms with Crippen molar-refractivity contribution in [1.82, 2.24) is 14.1 Å². The van der Waals surface area contributed by atoms with Crippen molar-refractivity contribution >= 4 is 21.8 Å². The first-order valence-electron chi connectivity index (χ1n) is 24.9. The highest BCUT2D eigenvalue weighted by Crippen LogP contribution is 2.38. The molecular formula is C53H48N4O. The van der Waals surface area contributed by atoms with Gasteiger partial charge in [-0.05, 0) is 112 Å². The van der Waals surface area contributed by atoms with Crippen molar-refractivity contribution in [2.45, 2.75) is 58.8 Å². The van der Waals surface area contributed by atoms with Gasteiger partial charge in [-0.3, -0.25) is 13.7 Å². The van der Waals surface area contributed by atoms with Crippen molar-refractivity contribution in [3.8, 4) is 50.9 Å². The summed E-state index contributed by atoms with van der Waals surface area (Å²) in [5, 5.41) is 2.09. The highest BCUT2D eigenvalue weighted by molar-refractivity contribution is 6.09. The minimum atomic E-state index is -0.758. The van der Waals surface area contributed by atoms with E-state index >= 15 is 0 Å². The topological polar surface area (TPSA) is 35.9 Å². The van der Waals surface area contributed by atoms with Gasteiger partial charge in [-0.2, -0.15) is 0 Å². The lowest BCUT2D eigenvalue weighted by Gasteiger charge is -2.19. The summed E-state index contributed by atoms with van der Waals surface area (Å²) in [5.41, 5.74) is 4.72. The van der Waals surface area contributed by atoms with E-state index in [4.69, 9.17) is 23.4 Å². The Kier molecular flexibility index (Phi) is 6.93. The maximum absolute atomic E-state index is 9.22. The zero-order valence-corrected chi connectivity index (χ0v) is 33.0. The number of fused-ring (bicyclic) bond motifs is 3. The SMILES string of the molecule is [2H]c1c([2H])c([2H])c(-c2cccc(-c3c([2H])c([2H])c([2H])c([2H])c3[2H])c2-[n+]2[c-]n(-c3cccc(Oc4ccc5c6cc(C(C)(C)C)ccc6n(-c6cc(C([2H])(CC)CC)ccn6)c5c4)c3)cc2)c([2H])c1[2H]. The van der Waals surface area contributed by atoms with Gasteiger partial charge in [0.05, 0.1) is 36.1 Å². The van der Waals surface area contributed by atoms with Crippen LogP contribution in [0.1, 0.15) is 79.6 Å². The van der Waals surface area contributed by atoms with Gasteiger partial charge in [0.15, 0.2) is 0 Å². The number of para-hydroxylation sites is 1. The molecule has 0 aliphatic rings. The highest BCUT2D eigenvalue weighted by atomic mass is 16.5. The fraction of sp³-hybridized carbons (Fsp3) is 0.170. The summed E-state index contributed by atoms with van der Waals surface area (Å²) in [5.74, 6) is 1.01. The van der Waals surface area contributed by atoms with E-state index in [2.05, 4.69) is 55.9 Å². The fourth-order valence-corrected chi connectivity index (χ4v) is 7.59. The first kappa shape index (κ1) is 26.2. The van der Waals surface area contributed by atoms with Crippen LogP contribution in [0.5, 0.6) is 11.5 Å². The smallest absolute Gasteiger partial charge is 0.268 e. The van der Waals surface area contributed by atoms with Crippen molar-refractivity contribution < 1.29 is 24.4 Å². The monoisotopic (exact) mass is 767 g/mol. The molecule has 0 aliphatic heterocycles. The number of pyridine rings is 1. The first-order chi connectivity index (χ1) is 32.8. The van der Waals surface area contributed by atoms with Crippen molar-refractivity contribution in [3.63, 3.8) is 0 Å². The number of aromatic nitrogens is 4. The van der Waals surface area contributed by atoms with Gasteiger partial charge in [-0.25, -0.2) is 4.98 Å². The number of ether oxygens (including phenoxy) is 1. The third kappa shape index (κ3) is 6.98. The molecule has 5 heteroatoms. The zero-order chi connectivity index (χ0) is 49.4. The third-order valence-electron chi connectivity index (χ3n) is 10.6. The van der Waals surface area contributed by atoms with E-state index in [1.165, 1.54) is 10.1 Å². The summed E-state index contributed by atoms with van der Waals surface area (Å²) in [6, 6.07) is 23.3. The Balaban J connectivity index is 1.16. The van der Waals surface area contributed by atoms with E-state index in [-0.39, 0.29) is 33.4 Å². The van der Waals surface area contributed by atoms with Crippen LogP contribution in [0.3, 0.4) is 0 Å². The summed E-state index contributed by atoms with van der Waals surface area (Å²) in [7, 11) is 0. The van der Waals surface area contributed by atoms with E-state index in [0.29, 0.717) is 35.8 Å². The van der Waals surface area contributed by atoms with Crippen LogP contribution in [-0.2, 0) is 5.41 Å². The van der Waals surface area contributed by atoms with Crippen LogP contribution >= 0.6 is 0 Å². The standard InChI is InChI=1S/C53H48N4O/c1-6-37(7-2)40-28-29-54-51(32-40)57-49-27-24-41(53(3,4)5)33-48(49)47-26-25-44(35-50(47)57)58-43-21-14-20-42(34-43)55-30-31-56(36-55)52-45(38-16-10-8-11-17-38)22-15-23-46(52)39-18-12-9-13-19-39/h8-35,37H,6-7H2,1-5H3/i8D,9D,10D,11D,12D,13D,16D,17D,18D,19D,37D. The Bertz CT molecular complexity index is 3390. The van der Waals surface area contributed by atoms with Crippen molar-refractivity contribution in [2.24, 2.45) is 0 Å². The molecule has 58 heavy (non-hydrogen) atoms. The lowest BCUT2D eigenvalue weighted by Crippen LogP contribution is -2.30. The number of nitrogens with zero attached hydrogens (tertiary/aromatic N) is 4. The number of rotatable bonds is 10. The second kappa shape index (κ2) is 15.3. The predicted octanol–water partition coefficient (Wildman–Crippen LogP) is 13.4. The minimum Gasteiger partial charge on any atom is -0.458 e. The largest absolute Gasteiger partial charge is 0.458 e. The molecular weight excluding hydrogens is 709 g/mol. The van der Waals surface area contributed by atoms with E-state index < -0.39 is 66.3 Å². The Morgan fingerprint density at radius 1 is 0.741 bits per heavy atom. The second-order valence-electron chi connectivity index (χ2n) is 15.1. The number of hydrogen-bond acceptors (Lipinski definition) is 2. The van der Waals surface area contributed by atoms with Crippen LogP contribution in [0.15, 0.2) is 170 Å². The van der Waals surface area contributed by atoms with Gasteiger partial charge in [-0.1, -0.05) is 125 Å². The molecule has 0 unspecified atom stereocenters. The summed E-state index contributed by atoms with van der Waals surface area (Å²) in [6.07, 6.45) is 9.69. The molecule has 3 aromatic heterocycles. The molecule has 0 radical (unpaired) electrons. The van der Waals surface area contributed by atoms with E-state index in [9.17, 15) is 1.37 Å². The van der Waals surface area contributed by atoms with Gasteiger partial charge < -0.3 is 4.74 Å². The predicted molar refractivity (Wildman–Crippen MR) is 238 cm³/mol. The van der Waals surface area contributed by atoms with Gasteiger partial charge in [0.1, 0.15) is 17.3 Å². The van der Waals surface area contributed by atoms with E-state index in [1.807, 2.05) is 62.4 Å². The molecule has 0 aliphatic carbocycles. The van der Waals surface area contributed by atoms with Gasteiger partial charge in [0, 0.05) is 36.8 Å². The van der Waals surface area contributed by atoms with Crippen molar-refractivity contribution in [3.05, 3.63) is 187 Å². The summed E-state index contributed by atoms with van der Waals surface area (Å²) in [4.78, 5) is 4.85. The molecule has 3 heterocycles. The maximum atomic E-state index is 9.22. The molecule has 0 amide bonds. The fourth-order valence-electron chi connectivity index (χ4n) is 7.59. The zero-order valence-electron chi connectivity index (χ0n) is 44.0. The van der Waals surface area contributed by atoms with E-state index in [0.717, 1.165) is 27.4 Å². The molecule has 0 fully saturated rings. The van der Waals surface area contributed by atoms with Gasteiger partial charge in [-0.15, -0.1) is 0 Å². The van der Waals surface area contributed by atoms with Crippen LogP contribution in [0.2, 0.25) is 0 Å². The molecule has 9 aromatic rings. The van der Waals surface area contributed by atoms with Crippen LogP contribution in [0.4, 0.5) is 0 Å². The van der Waals surface area contributed by atoms with Crippen molar-refractivity contribution in [1.29, 1.82) is 0 Å². The number of benzene rings is 6. The second-order valence-corrected chi connectivity index (χ2v) is 15.1. The van der Waals surface area contributed by atoms with Crippen LogP contribution in [-0.4, -0.2) is 14.1 Å². The molecule has 0 saturated heterocycles. The molecule has 6 aromatic carbocycles. The Labute approximate surface area is 356 Å². The molecule has 0 saturated carbocycles. The van der Waals surface area contributed by atoms with Crippen molar-refractivity contribution in [2.75, 3.05) is 0 Å². The maximum Gasteiger partial charge on any atom is 0.268 e. The molecule has 5 nitrogen and oxygen atoms in total. The van der Waals surface area contributed by atoms with Crippen LogP contribution in [0, 0.1) is 6.33 Å². The molecule has 0 atom stereocenters. The molecule has 0 N–H and O–H groups in total. The minimum absolute atomic E-state index is 0.0846.